The fourth-order valence-corrected chi connectivity index (χ4v) is 3.35. The minimum absolute atomic E-state index is 0.141. The number of hydrogen-bond acceptors (Lipinski definition) is 6. The number of anilines is 1. The molecule has 1 N–H and O–H groups in total. The normalized spacial score (nSPS) is 14.9. The number of thioether (sulfide) groups is 1. The number of carbonyl (C=O) groups excluding carboxylic acids is 1. The second-order valence-corrected chi connectivity index (χ2v) is 6.60. The summed E-state index contributed by atoms with van der Waals surface area (Å²) in [7, 11) is 0. The average molecular weight is 346 g/mol. The van der Waals surface area contributed by atoms with E-state index in [2.05, 4.69) is 32.0 Å². The highest BCUT2D eigenvalue weighted by Crippen LogP contribution is 2.16. The Morgan fingerprint density at radius 1 is 1.29 bits per heavy atom. The van der Waals surface area contributed by atoms with Gasteiger partial charge in [-0.1, -0.05) is 24.8 Å². The van der Waals surface area contributed by atoms with E-state index in [-0.39, 0.29) is 5.91 Å². The molecule has 1 saturated heterocycles. The first kappa shape index (κ1) is 16.8. The molecule has 0 bridgehead atoms. The van der Waals surface area contributed by atoms with Gasteiger partial charge in [-0.2, -0.15) is 0 Å². The van der Waals surface area contributed by atoms with Crippen LogP contribution in [0.25, 0.3) is 0 Å². The second kappa shape index (κ2) is 8.14. The molecule has 2 aromatic rings. The van der Waals surface area contributed by atoms with Gasteiger partial charge in [-0.3, -0.25) is 9.89 Å². The number of piperazine rings is 1. The lowest BCUT2D eigenvalue weighted by Gasteiger charge is -2.35. The summed E-state index contributed by atoms with van der Waals surface area (Å²) in [6.07, 6.45) is 3.71. The van der Waals surface area contributed by atoms with Crippen LogP contribution in [0.5, 0.6) is 0 Å². The van der Waals surface area contributed by atoms with Crippen molar-refractivity contribution >= 4 is 23.5 Å². The Hall–Kier alpha value is -2.09. The number of hydrogen-bond donors (Lipinski definition) is 1. The summed E-state index contributed by atoms with van der Waals surface area (Å²) in [6.45, 7) is 5.18. The first-order chi connectivity index (χ1) is 11.8. The van der Waals surface area contributed by atoms with Gasteiger partial charge in [0.2, 0.25) is 11.1 Å². The number of carbonyl (C=O) groups is 1. The van der Waals surface area contributed by atoms with Crippen molar-refractivity contribution in [3.8, 4) is 0 Å². The molecule has 1 aliphatic heterocycles. The molecular formula is C16H22N6OS. The van der Waals surface area contributed by atoms with Crippen molar-refractivity contribution in [2.45, 2.75) is 24.9 Å². The van der Waals surface area contributed by atoms with Crippen LogP contribution in [-0.2, 0) is 11.2 Å². The van der Waals surface area contributed by atoms with Crippen LogP contribution in [-0.4, -0.2) is 62.9 Å². The SMILES string of the molecule is CCCc1nc(SCC(=O)N2CCN(c3ccccn3)CC2)n[nH]1. The van der Waals surface area contributed by atoms with Crippen LogP contribution < -0.4 is 4.90 Å². The predicted octanol–water partition coefficient (Wildman–Crippen LogP) is 1.59. The van der Waals surface area contributed by atoms with Crippen molar-refractivity contribution in [2.75, 3.05) is 36.8 Å². The first-order valence-corrected chi connectivity index (χ1v) is 9.22. The lowest BCUT2D eigenvalue weighted by Crippen LogP contribution is -2.49. The van der Waals surface area contributed by atoms with Gasteiger partial charge in [0.05, 0.1) is 5.75 Å². The minimum atomic E-state index is 0.141. The molecule has 1 fully saturated rings. The number of nitrogens with zero attached hydrogens (tertiary/aromatic N) is 5. The number of aromatic amines is 1. The fraction of sp³-hybridized carbons (Fsp3) is 0.500. The van der Waals surface area contributed by atoms with E-state index in [1.54, 1.807) is 6.20 Å². The van der Waals surface area contributed by atoms with Crippen LogP contribution in [0.1, 0.15) is 19.2 Å². The van der Waals surface area contributed by atoms with Crippen LogP contribution in [0.2, 0.25) is 0 Å². The molecule has 1 aliphatic rings. The van der Waals surface area contributed by atoms with Crippen molar-refractivity contribution in [3.63, 3.8) is 0 Å². The molecule has 0 aromatic carbocycles. The highest BCUT2D eigenvalue weighted by molar-refractivity contribution is 7.99. The number of amides is 1. The van der Waals surface area contributed by atoms with Gasteiger partial charge in [0.25, 0.3) is 0 Å². The van der Waals surface area contributed by atoms with Gasteiger partial charge in [0.1, 0.15) is 11.6 Å². The summed E-state index contributed by atoms with van der Waals surface area (Å²) in [4.78, 5) is 25.2. The topological polar surface area (TPSA) is 78.0 Å². The number of pyridine rings is 1. The summed E-state index contributed by atoms with van der Waals surface area (Å²) in [5.74, 6) is 2.38. The highest BCUT2D eigenvalue weighted by atomic mass is 32.2. The van der Waals surface area contributed by atoms with Gasteiger partial charge in [-0.15, -0.1) is 5.10 Å². The first-order valence-electron chi connectivity index (χ1n) is 8.24. The standard InChI is InChI=1S/C16H22N6OS/c1-2-5-13-18-16(20-19-13)24-12-15(23)22-10-8-21(9-11-22)14-6-3-4-7-17-14/h3-4,6-7H,2,5,8-12H2,1H3,(H,18,19,20). The number of aromatic nitrogens is 4. The van der Waals surface area contributed by atoms with E-state index >= 15 is 0 Å². The monoisotopic (exact) mass is 346 g/mol. The minimum Gasteiger partial charge on any atom is -0.353 e. The zero-order valence-corrected chi connectivity index (χ0v) is 14.6. The fourth-order valence-electron chi connectivity index (χ4n) is 2.63. The number of nitrogens with one attached hydrogen (secondary N) is 1. The van der Waals surface area contributed by atoms with Crippen LogP contribution in [0.15, 0.2) is 29.6 Å². The molecule has 8 heteroatoms. The Labute approximate surface area is 145 Å². The molecule has 7 nitrogen and oxygen atoms in total. The smallest absolute Gasteiger partial charge is 0.233 e. The Kier molecular flexibility index (Phi) is 5.68. The molecule has 24 heavy (non-hydrogen) atoms. The van der Waals surface area contributed by atoms with Crippen molar-refractivity contribution in [2.24, 2.45) is 0 Å². The van der Waals surface area contributed by atoms with Crippen LogP contribution in [0.4, 0.5) is 5.82 Å². The summed E-state index contributed by atoms with van der Waals surface area (Å²) in [6, 6.07) is 5.90. The van der Waals surface area contributed by atoms with E-state index < -0.39 is 0 Å². The lowest BCUT2D eigenvalue weighted by molar-refractivity contribution is -0.128. The van der Waals surface area contributed by atoms with E-state index in [1.165, 1.54) is 11.8 Å². The molecule has 3 heterocycles. The molecule has 0 radical (unpaired) electrons. The van der Waals surface area contributed by atoms with Gasteiger partial charge in [0, 0.05) is 38.8 Å². The summed E-state index contributed by atoms with van der Waals surface area (Å²) >= 11 is 1.40. The maximum atomic E-state index is 12.4. The zero-order valence-electron chi connectivity index (χ0n) is 13.8. The highest BCUT2D eigenvalue weighted by Gasteiger charge is 2.22. The quantitative estimate of drug-likeness (QED) is 0.801. The van der Waals surface area contributed by atoms with Crippen molar-refractivity contribution < 1.29 is 4.79 Å². The predicted molar refractivity (Wildman–Crippen MR) is 94.1 cm³/mol. The van der Waals surface area contributed by atoms with Crippen LogP contribution in [0, 0.1) is 0 Å². The van der Waals surface area contributed by atoms with Gasteiger partial charge in [0.15, 0.2) is 0 Å². The van der Waals surface area contributed by atoms with E-state index in [4.69, 9.17) is 0 Å². The summed E-state index contributed by atoms with van der Waals surface area (Å²) in [5, 5.41) is 7.71. The van der Waals surface area contributed by atoms with Gasteiger partial charge >= 0.3 is 0 Å². The number of rotatable bonds is 6. The molecule has 3 rings (SSSR count). The van der Waals surface area contributed by atoms with Crippen molar-refractivity contribution in [1.82, 2.24) is 25.1 Å². The molecule has 0 unspecified atom stereocenters. The zero-order chi connectivity index (χ0) is 16.8. The van der Waals surface area contributed by atoms with Gasteiger partial charge < -0.3 is 9.80 Å². The van der Waals surface area contributed by atoms with Gasteiger partial charge in [-0.05, 0) is 18.6 Å². The molecule has 128 valence electrons. The molecular weight excluding hydrogens is 324 g/mol. The third-order valence-corrected chi connectivity index (χ3v) is 4.76. The maximum Gasteiger partial charge on any atom is 0.233 e. The number of aryl methyl sites for hydroxylation is 1. The average Bonchev–Trinajstić information content (AvgIpc) is 3.08. The molecule has 0 atom stereocenters. The summed E-state index contributed by atoms with van der Waals surface area (Å²) < 4.78 is 0. The van der Waals surface area contributed by atoms with Crippen LogP contribution >= 0.6 is 11.8 Å². The van der Waals surface area contributed by atoms with Gasteiger partial charge in [-0.25, -0.2) is 9.97 Å². The molecule has 2 aromatic heterocycles. The molecule has 0 spiro atoms. The van der Waals surface area contributed by atoms with E-state index in [0.717, 1.165) is 50.7 Å². The summed E-state index contributed by atoms with van der Waals surface area (Å²) in [5.41, 5.74) is 0. The molecule has 0 saturated carbocycles. The molecule has 0 aliphatic carbocycles. The van der Waals surface area contributed by atoms with E-state index in [0.29, 0.717) is 10.9 Å². The Morgan fingerprint density at radius 2 is 2.12 bits per heavy atom. The third kappa shape index (κ3) is 4.25. The third-order valence-electron chi connectivity index (χ3n) is 3.93. The van der Waals surface area contributed by atoms with E-state index in [9.17, 15) is 4.79 Å². The van der Waals surface area contributed by atoms with Crippen LogP contribution in [0.3, 0.4) is 0 Å². The number of H-pyrrole nitrogens is 1. The lowest BCUT2D eigenvalue weighted by atomic mass is 10.3. The van der Waals surface area contributed by atoms with Crippen molar-refractivity contribution in [1.29, 1.82) is 0 Å². The Morgan fingerprint density at radius 3 is 2.83 bits per heavy atom. The largest absolute Gasteiger partial charge is 0.353 e. The van der Waals surface area contributed by atoms with Crippen molar-refractivity contribution in [3.05, 3.63) is 30.2 Å². The maximum absolute atomic E-state index is 12.4. The Bertz CT molecular complexity index is 654. The second-order valence-electron chi connectivity index (χ2n) is 5.66. The molecule has 1 amide bonds. The Balaban J connectivity index is 1.45. The van der Waals surface area contributed by atoms with E-state index in [1.807, 2.05) is 23.1 Å².